The molecule has 0 unspecified atom stereocenters. The van der Waals surface area contributed by atoms with Crippen LogP contribution in [0.5, 0.6) is 0 Å². The lowest BCUT2D eigenvalue weighted by Crippen LogP contribution is -2.23. The summed E-state index contributed by atoms with van der Waals surface area (Å²) in [6.45, 7) is 6.39. The summed E-state index contributed by atoms with van der Waals surface area (Å²) in [5.41, 5.74) is 9.43. The number of carbonyl (C=O) groups is 1. The Morgan fingerprint density at radius 2 is 2.10 bits per heavy atom. The quantitative estimate of drug-likeness (QED) is 0.900. The summed E-state index contributed by atoms with van der Waals surface area (Å²) in [4.78, 5) is 13.2. The molecule has 0 aliphatic rings. The average Bonchev–Trinajstić information content (AvgIpc) is 2.68. The first-order chi connectivity index (χ1) is 9.45. The maximum atomic E-state index is 12.2. The molecule has 5 heteroatoms. The minimum atomic E-state index is -0.128. The summed E-state index contributed by atoms with van der Waals surface area (Å²) >= 11 is 7.50. The van der Waals surface area contributed by atoms with E-state index < -0.39 is 0 Å². The molecule has 0 saturated heterocycles. The molecule has 2 aromatic rings. The van der Waals surface area contributed by atoms with Crippen LogP contribution in [0.4, 0.5) is 5.00 Å². The number of anilines is 1. The molecule has 0 spiro atoms. The van der Waals surface area contributed by atoms with Gasteiger partial charge in [0.15, 0.2) is 0 Å². The van der Waals surface area contributed by atoms with E-state index in [-0.39, 0.29) is 5.91 Å². The summed E-state index contributed by atoms with van der Waals surface area (Å²) < 4.78 is 0. The molecule has 3 nitrogen and oxygen atoms in total. The summed E-state index contributed by atoms with van der Waals surface area (Å²) in [6.07, 6.45) is 0. The number of benzene rings is 1. The third kappa shape index (κ3) is 2.67. The second kappa shape index (κ2) is 5.85. The van der Waals surface area contributed by atoms with E-state index in [2.05, 4.69) is 5.32 Å². The van der Waals surface area contributed by atoms with Gasteiger partial charge in [0.05, 0.1) is 10.6 Å². The molecule has 0 radical (unpaired) electrons. The minimum absolute atomic E-state index is 0.128. The maximum absolute atomic E-state index is 12.2. The largest absolute Gasteiger partial charge is 0.390 e. The Balaban J connectivity index is 2.61. The Hall–Kier alpha value is -1.52. The molecule has 0 aliphatic carbocycles. The standard InChI is InChI=1S/C15H17ClN2OS/c1-4-18-15(19)13-12(9(3)20-14(13)17)10-5-6-11(16)8(2)7-10/h5-7H,4,17H2,1-3H3,(H,18,19). The van der Waals surface area contributed by atoms with Crippen LogP contribution in [-0.4, -0.2) is 12.5 Å². The van der Waals surface area contributed by atoms with Gasteiger partial charge >= 0.3 is 0 Å². The van der Waals surface area contributed by atoms with Crippen LogP contribution < -0.4 is 11.1 Å². The van der Waals surface area contributed by atoms with E-state index in [1.807, 2.05) is 39.0 Å². The number of nitrogens with two attached hydrogens (primary N) is 1. The van der Waals surface area contributed by atoms with Gasteiger partial charge in [-0.3, -0.25) is 4.79 Å². The summed E-state index contributed by atoms with van der Waals surface area (Å²) in [5.74, 6) is -0.128. The first-order valence-corrected chi connectivity index (χ1v) is 7.58. The first-order valence-electron chi connectivity index (χ1n) is 6.39. The molecule has 0 bridgehead atoms. The highest BCUT2D eigenvalue weighted by atomic mass is 35.5. The molecular formula is C15H17ClN2OS. The average molecular weight is 309 g/mol. The molecule has 0 fully saturated rings. The molecule has 1 aromatic carbocycles. The van der Waals surface area contributed by atoms with E-state index in [4.69, 9.17) is 17.3 Å². The molecule has 0 atom stereocenters. The molecule has 3 N–H and O–H groups in total. The topological polar surface area (TPSA) is 55.1 Å². The van der Waals surface area contributed by atoms with Gasteiger partial charge in [0.1, 0.15) is 0 Å². The SMILES string of the molecule is CCNC(=O)c1c(N)sc(C)c1-c1ccc(Cl)c(C)c1. The zero-order valence-corrected chi connectivity index (χ0v) is 13.3. The molecule has 1 aromatic heterocycles. The van der Waals surface area contributed by atoms with Gasteiger partial charge in [-0.05, 0) is 44.0 Å². The van der Waals surface area contributed by atoms with E-state index in [9.17, 15) is 4.79 Å². The van der Waals surface area contributed by atoms with Gasteiger partial charge in [-0.25, -0.2) is 0 Å². The lowest BCUT2D eigenvalue weighted by molar-refractivity contribution is 0.0957. The predicted octanol–water partition coefficient (Wildman–Crippen LogP) is 4.02. The normalized spacial score (nSPS) is 10.6. The fourth-order valence-electron chi connectivity index (χ4n) is 2.19. The second-order valence-corrected chi connectivity index (χ2v) is 6.26. The van der Waals surface area contributed by atoms with E-state index in [0.29, 0.717) is 22.1 Å². The van der Waals surface area contributed by atoms with Crippen molar-refractivity contribution < 1.29 is 4.79 Å². The zero-order valence-electron chi connectivity index (χ0n) is 11.7. The fourth-order valence-corrected chi connectivity index (χ4v) is 3.25. The highest BCUT2D eigenvalue weighted by Crippen LogP contribution is 2.39. The van der Waals surface area contributed by atoms with Gasteiger partial charge < -0.3 is 11.1 Å². The number of halogens is 1. The van der Waals surface area contributed by atoms with Crippen LogP contribution in [0.3, 0.4) is 0 Å². The van der Waals surface area contributed by atoms with Crippen LogP contribution in [0.1, 0.15) is 27.7 Å². The van der Waals surface area contributed by atoms with E-state index in [0.717, 1.165) is 21.6 Å². The van der Waals surface area contributed by atoms with E-state index in [1.54, 1.807) is 0 Å². The minimum Gasteiger partial charge on any atom is -0.390 e. The molecular weight excluding hydrogens is 292 g/mol. The van der Waals surface area contributed by atoms with E-state index in [1.165, 1.54) is 11.3 Å². The molecule has 106 valence electrons. The highest BCUT2D eigenvalue weighted by molar-refractivity contribution is 7.16. The lowest BCUT2D eigenvalue weighted by Gasteiger charge is -2.08. The van der Waals surface area contributed by atoms with Crippen molar-refractivity contribution in [3.8, 4) is 11.1 Å². The van der Waals surface area contributed by atoms with E-state index >= 15 is 0 Å². The van der Waals surface area contributed by atoms with Crippen LogP contribution >= 0.6 is 22.9 Å². The van der Waals surface area contributed by atoms with Gasteiger partial charge in [-0.1, -0.05) is 17.7 Å². The number of nitrogen functional groups attached to an aromatic ring is 1. The van der Waals surface area contributed by atoms with Crippen molar-refractivity contribution in [3.05, 3.63) is 39.2 Å². The number of hydrogen-bond donors (Lipinski definition) is 2. The van der Waals surface area contributed by atoms with Crippen LogP contribution in [0.2, 0.25) is 5.02 Å². The Bertz CT molecular complexity index is 664. The Kier molecular flexibility index (Phi) is 4.35. The number of carbonyl (C=O) groups excluding carboxylic acids is 1. The smallest absolute Gasteiger partial charge is 0.254 e. The maximum Gasteiger partial charge on any atom is 0.254 e. The zero-order chi connectivity index (χ0) is 14.9. The number of rotatable bonds is 3. The number of aryl methyl sites for hydroxylation is 2. The van der Waals surface area contributed by atoms with Gasteiger partial charge in [-0.15, -0.1) is 11.3 Å². The Morgan fingerprint density at radius 3 is 2.70 bits per heavy atom. The molecule has 0 aliphatic heterocycles. The Morgan fingerprint density at radius 1 is 1.40 bits per heavy atom. The number of amides is 1. The highest BCUT2D eigenvalue weighted by Gasteiger charge is 2.21. The van der Waals surface area contributed by atoms with Crippen LogP contribution in [-0.2, 0) is 0 Å². The van der Waals surface area contributed by atoms with Crippen molar-refractivity contribution in [1.29, 1.82) is 0 Å². The summed E-state index contributed by atoms with van der Waals surface area (Å²) in [7, 11) is 0. The molecule has 1 amide bonds. The van der Waals surface area contributed by atoms with Gasteiger partial charge in [0.2, 0.25) is 0 Å². The van der Waals surface area contributed by atoms with Crippen LogP contribution in [0.25, 0.3) is 11.1 Å². The first kappa shape index (κ1) is 14.9. The van der Waals surface area contributed by atoms with Crippen molar-refractivity contribution in [2.45, 2.75) is 20.8 Å². The van der Waals surface area contributed by atoms with Crippen molar-refractivity contribution in [2.75, 3.05) is 12.3 Å². The molecule has 0 saturated carbocycles. The fraction of sp³-hybridized carbons (Fsp3) is 0.267. The summed E-state index contributed by atoms with van der Waals surface area (Å²) in [6, 6.07) is 5.76. The Labute approximate surface area is 127 Å². The summed E-state index contributed by atoms with van der Waals surface area (Å²) in [5, 5.41) is 4.08. The van der Waals surface area contributed by atoms with Crippen molar-refractivity contribution >= 4 is 33.8 Å². The predicted molar refractivity (Wildman–Crippen MR) is 86.7 cm³/mol. The lowest BCUT2D eigenvalue weighted by atomic mass is 9.99. The number of nitrogens with one attached hydrogen (secondary N) is 1. The van der Waals surface area contributed by atoms with Gasteiger partial charge in [-0.2, -0.15) is 0 Å². The third-order valence-electron chi connectivity index (χ3n) is 3.12. The molecule has 2 rings (SSSR count). The van der Waals surface area contributed by atoms with Crippen LogP contribution in [0, 0.1) is 13.8 Å². The number of hydrogen-bond acceptors (Lipinski definition) is 3. The number of thiophene rings is 1. The van der Waals surface area contributed by atoms with Gasteiger partial charge in [0, 0.05) is 22.0 Å². The van der Waals surface area contributed by atoms with Crippen LogP contribution in [0.15, 0.2) is 18.2 Å². The molecule has 1 heterocycles. The monoisotopic (exact) mass is 308 g/mol. The third-order valence-corrected chi connectivity index (χ3v) is 4.48. The van der Waals surface area contributed by atoms with Crippen molar-refractivity contribution in [1.82, 2.24) is 5.32 Å². The van der Waals surface area contributed by atoms with Crippen molar-refractivity contribution in [2.24, 2.45) is 0 Å². The van der Waals surface area contributed by atoms with Crippen molar-refractivity contribution in [3.63, 3.8) is 0 Å². The second-order valence-electron chi connectivity index (χ2n) is 4.60. The molecule has 20 heavy (non-hydrogen) atoms. The van der Waals surface area contributed by atoms with Gasteiger partial charge in [0.25, 0.3) is 5.91 Å².